The van der Waals surface area contributed by atoms with Crippen LogP contribution in [-0.4, -0.2) is 32.7 Å². The lowest BCUT2D eigenvalue weighted by atomic mass is 10.4. The summed E-state index contributed by atoms with van der Waals surface area (Å²) in [5.74, 6) is 0. The highest BCUT2D eigenvalue weighted by Crippen LogP contribution is 2.13. The maximum atomic E-state index is 10.8. The maximum Gasteiger partial charge on any atom is 0.407 e. The van der Waals surface area contributed by atoms with E-state index in [0.29, 0.717) is 0 Å². The second-order valence-corrected chi connectivity index (χ2v) is 8.51. The highest BCUT2D eigenvalue weighted by Gasteiger charge is 2.44. The Kier molecular flexibility index (Phi) is 7.06. The third-order valence-electron chi connectivity index (χ3n) is 3.70. The molecular formula is C19H23NO4Si. The molecule has 0 saturated heterocycles. The molecule has 0 aliphatic heterocycles. The molecule has 0 spiro atoms. The number of benzene rings is 2. The molecule has 0 fully saturated rings. The first-order chi connectivity index (χ1) is 12.1. The molecule has 0 aliphatic carbocycles. The lowest BCUT2D eigenvalue weighted by molar-refractivity contribution is -0.482. The van der Waals surface area contributed by atoms with Crippen molar-refractivity contribution in [2.24, 2.45) is 0 Å². The van der Waals surface area contributed by atoms with Crippen LogP contribution in [0.1, 0.15) is 13.8 Å². The summed E-state index contributed by atoms with van der Waals surface area (Å²) in [6, 6.07) is 19.4. The molecule has 132 valence electrons. The normalized spacial score (nSPS) is 13.0. The number of hydrogen-bond acceptors (Lipinski definition) is 4. The van der Waals surface area contributed by atoms with Gasteiger partial charge in [0, 0.05) is 4.92 Å². The van der Waals surface area contributed by atoms with Crippen molar-refractivity contribution in [3.63, 3.8) is 0 Å². The van der Waals surface area contributed by atoms with E-state index in [-0.39, 0.29) is 24.2 Å². The second-order valence-electron chi connectivity index (χ2n) is 5.60. The first-order valence-electron chi connectivity index (χ1n) is 8.26. The lowest BCUT2D eigenvalue weighted by Gasteiger charge is -2.33. The molecule has 2 aromatic rings. The third-order valence-corrected chi connectivity index (χ3v) is 7.20. The molecule has 0 saturated carbocycles. The topological polar surface area (TPSA) is 61.6 Å². The summed E-state index contributed by atoms with van der Waals surface area (Å²) in [6.45, 7) is 3.63. The molecule has 5 nitrogen and oxygen atoms in total. The van der Waals surface area contributed by atoms with Crippen molar-refractivity contribution in [2.75, 3.05) is 13.2 Å². The van der Waals surface area contributed by atoms with Crippen molar-refractivity contribution in [3.8, 4) is 0 Å². The zero-order valence-electron chi connectivity index (χ0n) is 14.5. The molecule has 0 bridgehead atoms. The van der Waals surface area contributed by atoms with Gasteiger partial charge in [0.25, 0.3) is 0 Å². The Morgan fingerprint density at radius 3 is 2.04 bits per heavy atom. The summed E-state index contributed by atoms with van der Waals surface area (Å²) in [5.41, 5.74) is 0. The summed E-state index contributed by atoms with van der Waals surface area (Å²) in [5, 5.41) is 12.6. The van der Waals surface area contributed by atoms with E-state index in [9.17, 15) is 10.1 Å². The minimum Gasteiger partial charge on any atom is -0.381 e. The van der Waals surface area contributed by atoms with E-state index < -0.39 is 8.56 Å². The van der Waals surface area contributed by atoms with Crippen LogP contribution in [0.4, 0.5) is 0 Å². The summed E-state index contributed by atoms with van der Waals surface area (Å²) < 4.78 is 12.6. The number of hydrogen-bond donors (Lipinski definition) is 0. The minimum absolute atomic E-state index is 0.00553. The average Bonchev–Trinajstić information content (AvgIpc) is 2.62. The average molecular weight is 357 g/mol. The first-order valence-corrected chi connectivity index (χ1v) is 10.1. The van der Waals surface area contributed by atoms with Crippen LogP contribution in [0.25, 0.3) is 0 Å². The van der Waals surface area contributed by atoms with Crippen molar-refractivity contribution in [3.05, 3.63) is 82.9 Å². The van der Waals surface area contributed by atoms with Gasteiger partial charge in [-0.3, -0.25) is 10.1 Å². The van der Waals surface area contributed by atoms with Crippen molar-refractivity contribution >= 4 is 18.9 Å². The molecule has 2 aromatic carbocycles. The standard InChI is InChI=1S/C19H23NO4Si/c1-3-10-17(2)24-25(23-16-15-20(21)22,18-11-6-4-7-12-18)19-13-8-5-9-14-19/h3-14,17H,15-16H2,1-2H3/b10-3+. The molecule has 1 atom stereocenters. The Balaban J connectivity index is 2.49. The number of rotatable bonds is 9. The summed E-state index contributed by atoms with van der Waals surface area (Å²) >= 11 is 0. The van der Waals surface area contributed by atoms with E-state index in [2.05, 4.69) is 0 Å². The van der Waals surface area contributed by atoms with Gasteiger partial charge in [-0.05, 0) is 24.2 Å². The van der Waals surface area contributed by atoms with Gasteiger partial charge in [0.2, 0.25) is 6.54 Å². The van der Waals surface area contributed by atoms with Gasteiger partial charge in [-0.15, -0.1) is 0 Å². The molecule has 1 unspecified atom stereocenters. The summed E-state index contributed by atoms with van der Waals surface area (Å²) in [6.07, 6.45) is 3.70. The van der Waals surface area contributed by atoms with E-state index in [1.54, 1.807) is 0 Å². The molecule has 25 heavy (non-hydrogen) atoms. The van der Waals surface area contributed by atoms with Crippen LogP contribution in [0.5, 0.6) is 0 Å². The van der Waals surface area contributed by atoms with Crippen LogP contribution in [0.2, 0.25) is 0 Å². The van der Waals surface area contributed by atoms with Gasteiger partial charge < -0.3 is 8.85 Å². The fourth-order valence-electron chi connectivity index (χ4n) is 2.65. The van der Waals surface area contributed by atoms with Crippen molar-refractivity contribution in [1.82, 2.24) is 0 Å². The molecule has 6 heteroatoms. The molecule has 0 heterocycles. The maximum absolute atomic E-state index is 10.8. The van der Waals surface area contributed by atoms with Gasteiger partial charge in [0.1, 0.15) is 6.61 Å². The van der Waals surface area contributed by atoms with Crippen LogP contribution >= 0.6 is 0 Å². The Hall–Kier alpha value is -2.28. The SMILES string of the molecule is C/C=C/C(C)O[Si](OCC[N+](=O)[O-])(c1ccccc1)c1ccccc1. The molecule has 0 radical (unpaired) electrons. The van der Waals surface area contributed by atoms with E-state index >= 15 is 0 Å². The van der Waals surface area contributed by atoms with Gasteiger partial charge in [0.05, 0.1) is 6.10 Å². The molecule has 0 amide bonds. The van der Waals surface area contributed by atoms with Crippen molar-refractivity contribution in [2.45, 2.75) is 20.0 Å². The van der Waals surface area contributed by atoms with E-state index in [4.69, 9.17) is 8.85 Å². The summed E-state index contributed by atoms with van der Waals surface area (Å²) in [4.78, 5) is 10.4. The Morgan fingerprint density at radius 1 is 1.08 bits per heavy atom. The van der Waals surface area contributed by atoms with Crippen LogP contribution in [0, 0.1) is 10.1 Å². The number of allylic oxidation sites excluding steroid dienone is 1. The van der Waals surface area contributed by atoms with Crippen LogP contribution < -0.4 is 10.4 Å². The van der Waals surface area contributed by atoms with Crippen molar-refractivity contribution in [1.29, 1.82) is 0 Å². The Labute approximate surface area is 149 Å². The van der Waals surface area contributed by atoms with Gasteiger partial charge in [0.15, 0.2) is 0 Å². The Morgan fingerprint density at radius 2 is 1.60 bits per heavy atom. The zero-order valence-corrected chi connectivity index (χ0v) is 15.5. The monoisotopic (exact) mass is 357 g/mol. The summed E-state index contributed by atoms with van der Waals surface area (Å²) in [7, 11) is -3.07. The minimum atomic E-state index is -3.07. The molecule has 2 rings (SSSR count). The van der Waals surface area contributed by atoms with Gasteiger partial charge in [-0.1, -0.05) is 72.8 Å². The largest absolute Gasteiger partial charge is 0.407 e. The number of nitrogens with zero attached hydrogens (tertiary/aromatic N) is 1. The second kappa shape index (κ2) is 9.27. The van der Waals surface area contributed by atoms with Gasteiger partial charge >= 0.3 is 8.56 Å². The Bertz CT molecular complexity index is 652. The molecule has 0 N–H and O–H groups in total. The lowest BCUT2D eigenvalue weighted by Crippen LogP contribution is -2.64. The van der Waals surface area contributed by atoms with Gasteiger partial charge in [-0.25, -0.2) is 0 Å². The van der Waals surface area contributed by atoms with E-state index in [0.717, 1.165) is 10.4 Å². The zero-order chi connectivity index (χ0) is 18.1. The third kappa shape index (κ3) is 5.09. The van der Waals surface area contributed by atoms with E-state index in [1.807, 2.05) is 86.7 Å². The van der Waals surface area contributed by atoms with Crippen LogP contribution in [0.15, 0.2) is 72.8 Å². The van der Waals surface area contributed by atoms with E-state index in [1.165, 1.54) is 0 Å². The fourth-order valence-corrected chi connectivity index (χ4v) is 5.90. The molecule has 0 aromatic heterocycles. The quantitative estimate of drug-likeness (QED) is 0.299. The van der Waals surface area contributed by atoms with Crippen LogP contribution in [0.3, 0.4) is 0 Å². The molecular weight excluding hydrogens is 334 g/mol. The number of nitro groups is 1. The molecule has 0 aliphatic rings. The fraction of sp³-hybridized carbons (Fsp3) is 0.263. The first kappa shape index (κ1) is 19.0. The van der Waals surface area contributed by atoms with Crippen LogP contribution in [-0.2, 0) is 8.85 Å². The highest BCUT2D eigenvalue weighted by atomic mass is 28.4. The van der Waals surface area contributed by atoms with Gasteiger partial charge in [-0.2, -0.15) is 0 Å². The highest BCUT2D eigenvalue weighted by molar-refractivity contribution is 6.92. The smallest absolute Gasteiger partial charge is 0.381 e. The van der Waals surface area contributed by atoms with Crippen molar-refractivity contribution < 1.29 is 13.8 Å². The predicted molar refractivity (Wildman–Crippen MR) is 101 cm³/mol. The predicted octanol–water partition coefficient (Wildman–Crippen LogP) is 2.52.